The Bertz CT molecular complexity index is 519. The number of thiazole rings is 1. The summed E-state index contributed by atoms with van der Waals surface area (Å²) in [4.78, 5) is 15.9. The van der Waals surface area contributed by atoms with Crippen LogP contribution in [0, 0.1) is 11.8 Å². The van der Waals surface area contributed by atoms with Crippen LogP contribution >= 0.6 is 44.2 Å². The first-order chi connectivity index (χ1) is 11.1. The molecule has 1 aliphatic rings. The Balaban J connectivity index is 1.84. The average molecular weight is 398 g/mol. The quantitative estimate of drug-likeness (QED) is 0.314. The second-order valence-electron chi connectivity index (χ2n) is 5.29. The van der Waals surface area contributed by atoms with Crippen LogP contribution in [0.2, 0.25) is 0 Å². The van der Waals surface area contributed by atoms with Gasteiger partial charge in [-0.05, 0) is 25.7 Å². The van der Waals surface area contributed by atoms with Crippen molar-refractivity contribution < 1.29 is 19.2 Å². The number of aliphatic hydroxyl groups is 1. The molecule has 23 heavy (non-hydrogen) atoms. The van der Waals surface area contributed by atoms with E-state index in [4.69, 9.17) is 20.9 Å². The van der Waals surface area contributed by atoms with Crippen molar-refractivity contribution in [3.8, 4) is 0 Å². The average Bonchev–Trinajstić information content (AvgIpc) is 3.12. The van der Waals surface area contributed by atoms with E-state index in [0.717, 1.165) is 22.9 Å². The van der Waals surface area contributed by atoms with Crippen LogP contribution in [0.1, 0.15) is 30.3 Å². The Kier molecular flexibility index (Phi) is 8.05. The number of rotatable bonds is 8. The third-order valence-corrected chi connectivity index (χ3v) is 6.89. The second-order valence-corrected chi connectivity index (χ2v) is 8.33. The summed E-state index contributed by atoms with van der Waals surface area (Å²) in [5, 5.41) is 11.3. The van der Waals surface area contributed by atoms with Crippen LogP contribution in [0.15, 0.2) is 9.72 Å². The van der Waals surface area contributed by atoms with E-state index in [9.17, 15) is 9.90 Å². The predicted molar refractivity (Wildman–Crippen MR) is 96.3 cm³/mol. The fourth-order valence-electron chi connectivity index (χ4n) is 2.82. The largest absolute Gasteiger partial charge is 0.461 e. The van der Waals surface area contributed by atoms with Gasteiger partial charge in [0.2, 0.25) is 0 Å². The summed E-state index contributed by atoms with van der Waals surface area (Å²) in [6, 6.07) is 0. The van der Waals surface area contributed by atoms with Crippen LogP contribution in [0.4, 0.5) is 0 Å². The third kappa shape index (κ3) is 5.03. The lowest BCUT2D eigenvalue weighted by Gasteiger charge is -2.22. The van der Waals surface area contributed by atoms with Crippen molar-refractivity contribution in [1.82, 2.24) is 4.98 Å². The Morgan fingerprint density at radius 3 is 3.04 bits per heavy atom. The van der Waals surface area contributed by atoms with Gasteiger partial charge < -0.3 is 14.4 Å². The van der Waals surface area contributed by atoms with Gasteiger partial charge in [-0.25, -0.2) is 9.78 Å². The number of ether oxygens (including phenoxy) is 1. The lowest BCUT2D eigenvalue weighted by molar-refractivity contribution is 0.0520. The molecule has 0 spiro atoms. The highest BCUT2D eigenvalue weighted by atomic mass is 35.5. The molecule has 0 aromatic carbocycles. The smallest absolute Gasteiger partial charge is 0.357 e. The number of halogens is 1. The van der Waals surface area contributed by atoms with Crippen LogP contribution in [0.3, 0.4) is 0 Å². The molecule has 1 N–H and O–H groups in total. The maximum atomic E-state index is 11.6. The normalized spacial score (nSPS) is 27.3. The van der Waals surface area contributed by atoms with Crippen molar-refractivity contribution in [2.45, 2.75) is 35.6 Å². The van der Waals surface area contributed by atoms with Crippen LogP contribution < -0.4 is 0 Å². The molecule has 1 aliphatic carbocycles. The van der Waals surface area contributed by atoms with Crippen molar-refractivity contribution in [2.24, 2.45) is 11.8 Å². The third-order valence-electron chi connectivity index (χ3n) is 3.98. The number of alkyl halides is 1. The Hall–Kier alpha value is 0.0900. The number of nitrogens with zero attached hydrogens (tertiary/aromatic N) is 1. The van der Waals surface area contributed by atoms with Crippen LogP contribution in [-0.4, -0.2) is 46.5 Å². The van der Waals surface area contributed by atoms with Crippen molar-refractivity contribution in [2.75, 3.05) is 19.0 Å². The molecular formula is C14H21ClNO4PS2. The maximum Gasteiger partial charge on any atom is 0.357 e. The molecule has 1 aromatic rings. The number of aromatic nitrogens is 1. The molecule has 0 radical (unpaired) electrons. The molecule has 1 aromatic heterocycles. The van der Waals surface area contributed by atoms with Gasteiger partial charge in [0, 0.05) is 38.5 Å². The van der Waals surface area contributed by atoms with E-state index in [1.165, 1.54) is 11.3 Å². The molecule has 0 amide bonds. The number of hydrogen-bond donors (Lipinski definition) is 1. The first-order valence-corrected chi connectivity index (χ1v) is 10.2. The first-order valence-electron chi connectivity index (χ1n) is 7.46. The van der Waals surface area contributed by atoms with E-state index in [1.54, 1.807) is 24.1 Å². The predicted octanol–water partition coefficient (Wildman–Crippen LogP) is 3.21. The Morgan fingerprint density at radius 1 is 1.61 bits per heavy atom. The topological polar surface area (TPSA) is 68.7 Å². The molecule has 2 rings (SSSR count). The van der Waals surface area contributed by atoms with E-state index in [0.29, 0.717) is 12.3 Å². The lowest BCUT2D eigenvalue weighted by Crippen LogP contribution is -2.25. The van der Waals surface area contributed by atoms with Crippen LogP contribution in [0.5, 0.6) is 0 Å². The molecular weight excluding hydrogens is 377 g/mol. The minimum Gasteiger partial charge on any atom is -0.461 e. The number of aliphatic hydroxyl groups excluding tert-OH is 1. The van der Waals surface area contributed by atoms with Gasteiger partial charge in [-0.3, -0.25) is 0 Å². The highest BCUT2D eigenvalue weighted by Crippen LogP contribution is 2.41. The van der Waals surface area contributed by atoms with E-state index >= 15 is 0 Å². The molecule has 1 unspecified atom stereocenters. The van der Waals surface area contributed by atoms with E-state index in [1.807, 2.05) is 0 Å². The summed E-state index contributed by atoms with van der Waals surface area (Å²) in [6.45, 7) is 2.20. The number of hydrogen-bond acceptors (Lipinski definition) is 7. The standard InChI is InChI=1S/C14H21ClNO4PS2/c1-2-19-13(18)11-7-23-14(16-11)22-4-3-8-9(6-17)12(20-21)5-10(8)15/h7-10,12,17H,2-6,21H2,1H3/t8-,9-,10+,12-/m1/s1. The molecule has 5 atom stereocenters. The minimum absolute atomic E-state index is 0.00206. The van der Waals surface area contributed by atoms with Gasteiger partial charge in [0.1, 0.15) is 0 Å². The second kappa shape index (κ2) is 9.54. The fraction of sp³-hybridized carbons (Fsp3) is 0.714. The molecule has 1 heterocycles. The zero-order valence-corrected chi connectivity index (χ0v) is 16.4. The van der Waals surface area contributed by atoms with E-state index in [2.05, 4.69) is 14.5 Å². The fourth-order valence-corrected chi connectivity index (χ4v) is 5.53. The van der Waals surface area contributed by atoms with Gasteiger partial charge >= 0.3 is 5.97 Å². The molecule has 1 saturated carbocycles. The van der Waals surface area contributed by atoms with Crippen molar-refractivity contribution in [3.05, 3.63) is 11.1 Å². The summed E-state index contributed by atoms with van der Waals surface area (Å²) in [7, 11) is 2.27. The summed E-state index contributed by atoms with van der Waals surface area (Å²) >= 11 is 9.44. The SMILES string of the molecule is CCOC(=O)c1csc(SCC[C@@H]2[C@@H](CO)[C@H](OP)C[C@@H]2Cl)n1. The number of carbonyl (C=O) groups is 1. The van der Waals surface area contributed by atoms with Crippen molar-refractivity contribution in [1.29, 1.82) is 0 Å². The van der Waals surface area contributed by atoms with Crippen molar-refractivity contribution in [3.63, 3.8) is 0 Å². The number of thioether (sulfide) groups is 1. The molecule has 130 valence electrons. The maximum absolute atomic E-state index is 11.6. The van der Waals surface area contributed by atoms with E-state index < -0.39 is 0 Å². The van der Waals surface area contributed by atoms with Gasteiger partial charge in [-0.2, -0.15) is 0 Å². The van der Waals surface area contributed by atoms with Crippen LogP contribution in [0.25, 0.3) is 0 Å². The summed E-state index contributed by atoms with van der Waals surface area (Å²) in [5.74, 6) is 0.753. The zero-order valence-electron chi connectivity index (χ0n) is 12.8. The highest BCUT2D eigenvalue weighted by Gasteiger charge is 2.41. The molecule has 1 fully saturated rings. The number of carbonyl (C=O) groups excluding carboxylic acids is 1. The van der Waals surface area contributed by atoms with E-state index in [-0.39, 0.29) is 35.9 Å². The monoisotopic (exact) mass is 397 g/mol. The minimum atomic E-state index is -0.381. The van der Waals surface area contributed by atoms with Gasteiger partial charge in [0.15, 0.2) is 10.0 Å². The summed E-state index contributed by atoms with van der Waals surface area (Å²) in [5.41, 5.74) is 0.361. The highest BCUT2D eigenvalue weighted by molar-refractivity contribution is 8.01. The van der Waals surface area contributed by atoms with Gasteiger partial charge in [-0.1, -0.05) is 11.8 Å². The lowest BCUT2D eigenvalue weighted by atomic mass is 9.93. The summed E-state index contributed by atoms with van der Waals surface area (Å²) in [6.07, 6.45) is 1.64. The molecule has 0 saturated heterocycles. The van der Waals surface area contributed by atoms with Gasteiger partial charge in [0.25, 0.3) is 0 Å². The first kappa shape index (κ1) is 19.4. The van der Waals surface area contributed by atoms with Crippen LogP contribution in [-0.2, 0) is 9.26 Å². The molecule has 5 nitrogen and oxygen atoms in total. The van der Waals surface area contributed by atoms with Crippen molar-refractivity contribution >= 4 is 50.1 Å². The van der Waals surface area contributed by atoms with Gasteiger partial charge in [-0.15, -0.1) is 22.9 Å². The molecule has 0 bridgehead atoms. The zero-order chi connectivity index (χ0) is 16.8. The Labute approximate surface area is 151 Å². The Morgan fingerprint density at radius 2 is 2.39 bits per heavy atom. The number of esters is 1. The molecule has 0 aliphatic heterocycles. The molecule has 9 heteroatoms. The van der Waals surface area contributed by atoms with Gasteiger partial charge in [0.05, 0.1) is 12.7 Å². The summed E-state index contributed by atoms with van der Waals surface area (Å²) < 4.78 is 11.1.